The summed E-state index contributed by atoms with van der Waals surface area (Å²) < 4.78 is 0. The zero-order chi connectivity index (χ0) is 15.8. The van der Waals surface area contributed by atoms with Crippen molar-refractivity contribution in [2.75, 3.05) is 20.6 Å². The fourth-order valence-electron chi connectivity index (χ4n) is 2.00. The molecule has 116 valence electrons. The smallest absolute Gasteiger partial charge is 0.241 e. The van der Waals surface area contributed by atoms with Crippen LogP contribution in [0.2, 0.25) is 0 Å². The molecule has 4 N–H and O–H groups in total. The highest BCUT2D eigenvalue weighted by atomic mass is 16.2. The molecule has 1 aromatic rings. The molecule has 0 aliphatic rings. The Morgan fingerprint density at radius 2 is 1.90 bits per heavy atom. The fraction of sp³-hybridized carbons (Fsp3) is 0.467. The molecule has 6 nitrogen and oxygen atoms in total. The molecule has 0 heterocycles. The molecule has 1 aromatic carbocycles. The number of benzene rings is 1. The van der Waals surface area contributed by atoms with Gasteiger partial charge in [0.25, 0.3) is 0 Å². The Hall–Kier alpha value is -1.92. The van der Waals surface area contributed by atoms with Gasteiger partial charge in [0.2, 0.25) is 11.8 Å². The second-order valence-electron chi connectivity index (χ2n) is 5.13. The number of hydrogen-bond acceptors (Lipinski definition) is 4. The van der Waals surface area contributed by atoms with Gasteiger partial charge in [-0.25, -0.2) is 5.84 Å². The van der Waals surface area contributed by atoms with E-state index in [9.17, 15) is 9.59 Å². The lowest BCUT2D eigenvalue weighted by molar-refractivity contribution is -0.122. The largest absolute Gasteiger partial charge is 0.359 e. The van der Waals surface area contributed by atoms with E-state index in [-0.39, 0.29) is 17.7 Å². The molecule has 1 atom stereocenters. The average molecular weight is 292 g/mol. The number of hydrazine groups is 1. The van der Waals surface area contributed by atoms with Crippen LogP contribution in [0, 0.1) is 0 Å². The van der Waals surface area contributed by atoms with Gasteiger partial charge in [-0.2, -0.15) is 0 Å². The summed E-state index contributed by atoms with van der Waals surface area (Å²) in [6.45, 7) is 3.27. The fourth-order valence-corrected chi connectivity index (χ4v) is 2.00. The van der Waals surface area contributed by atoms with Crippen molar-refractivity contribution in [1.82, 2.24) is 15.6 Å². The molecule has 1 unspecified atom stereocenters. The van der Waals surface area contributed by atoms with Gasteiger partial charge in [-0.1, -0.05) is 24.3 Å². The van der Waals surface area contributed by atoms with E-state index in [0.717, 1.165) is 17.7 Å². The predicted octanol–water partition coefficient (Wildman–Crippen LogP) is 0.348. The molecular weight excluding hydrogens is 268 g/mol. The minimum absolute atomic E-state index is 0.0406. The summed E-state index contributed by atoms with van der Waals surface area (Å²) in [6, 6.07) is 7.85. The molecule has 0 spiro atoms. The summed E-state index contributed by atoms with van der Waals surface area (Å²) in [7, 11) is 3.61. The summed E-state index contributed by atoms with van der Waals surface area (Å²) in [5, 5.41) is 2.61. The van der Waals surface area contributed by atoms with E-state index in [1.54, 1.807) is 7.05 Å². The highest BCUT2D eigenvalue weighted by Gasteiger charge is 2.13. The molecule has 0 saturated heterocycles. The van der Waals surface area contributed by atoms with Gasteiger partial charge in [-0.05, 0) is 25.1 Å². The zero-order valence-corrected chi connectivity index (χ0v) is 12.8. The van der Waals surface area contributed by atoms with E-state index >= 15 is 0 Å². The van der Waals surface area contributed by atoms with Crippen molar-refractivity contribution in [3.05, 3.63) is 35.4 Å². The molecule has 0 aliphatic heterocycles. The number of carbonyl (C=O) groups is 2. The molecule has 0 aromatic heterocycles. The lowest BCUT2D eigenvalue weighted by atomic mass is 9.99. The van der Waals surface area contributed by atoms with Crippen LogP contribution in [-0.4, -0.2) is 37.4 Å². The minimum atomic E-state index is -0.268. The lowest BCUT2D eigenvalue weighted by Gasteiger charge is -2.17. The van der Waals surface area contributed by atoms with Gasteiger partial charge in [0.05, 0.1) is 5.92 Å². The van der Waals surface area contributed by atoms with Crippen molar-refractivity contribution in [2.24, 2.45) is 5.84 Å². The number of rotatable bonds is 7. The van der Waals surface area contributed by atoms with Crippen molar-refractivity contribution in [3.63, 3.8) is 0 Å². The molecule has 0 saturated carbocycles. The number of hydrogen-bond donors (Lipinski definition) is 3. The van der Waals surface area contributed by atoms with Crippen LogP contribution in [-0.2, 0) is 16.1 Å². The second kappa shape index (κ2) is 8.39. The normalized spacial score (nSPS) is 12.0. The van der Waals surface area contributed by atoms with Gasteiger partial charge >= 0.3 is 0 Å². The third kappa shape index (κ3) is 5.53. The monoisotopic (exact) mass is 292 g/mol. The summed E-state index contributed by atoms with van der Waals surface area (Å²) in [6.07, 6.45) is 0.485. The Bertz CT molecular complexity index is 473. The molecule has 0 fully saturated rings. The van der Waals surface area contributed by atoms with Crippen molar-refractivity contribution in [2.45, 2.75) is 25.8 Å². The van der Waals surface area contributed by atoms with Crippen LogP contribution >= 0.6 is 0 Å². The minimum Gasteiger partial charge on any atom is -0.359 e. The van der Waals surface area contributed by atoms with E-state index < -0.39 is 0 Å². The first-order valence-electron chi connectivity index (χ1n) is 6.96. The number of nitrogens with two attached hydrogens (primary N) is 1. The maximum absolute atomic E-state index is 11.5. The van der Waals surface area contributed by atoms with Crippen LogP contribution in [0.1, 0.15) is 30.4 Å². The van der Waals surface area contributed by atoms with Gasteiger partial charge < -0.3 is 10.2 Å². The van der Waals surface area contributed by atoms with Gasteiger partial charge in [0, 0.05) is 26.6 Å². The summed E-state index contributed by atoms with van der Waals surface area (Å²) in [5.74, 6) is 4.71. The predicted molar refractivity (Wildman–Crippen MR) is 82.2 cm³/mol. The first-order valence-corrected chi connectivity index (χ1v) is 6.96. The molecule has 6 heteroatoms. The van der Waals surface area contributed by atoms with Crippen molar-refractivity contribution in [3.8, 4) is 0 Å². The summed E-state index contributed by atoms with van der Waals surface area (Å²) in [4.78, 5) is 24.7. The van der Waals surface area contributed by atoms with E-state index in [4.69, 9.17) is 5.84 Å². The van der Waals surface area contributed by atoms with Crippen LogP contribution in [0.15, 0.2) is 24.3 Å². The van der Waals surface area contributed by atoms with Crippen molar-refractivity contribution < 1.29 is 9.59 Å². The molecule has 1 rings (SSSR count). The Balaban J connectivity index is 2.54. The molecule has 0 radical (unpaired) electrons. The van der Waals surface area contributed by atoms with Crippen molar-refractivity contribution >= 4 is 11.8 Å². The van der Waals surface area contributed by atoms with Crippen LogP contribution in [0.3, 0.4) is 0 Å². The van der Waals surface area contributed by atoms with Crippen LogP contribution in [0.4, 0.5) is 0 Å². The number of carbonyl (C=O) groups excluding carboxylic acids is 2. The maximum Gasteiger partial charge on any atom is 0.241 e. The molecule has 0 bridgehead atoms. The summed E-state index contributed by atoms with van der Waals surface area (Å²) in [5.41, 5.74) is 4.22. The average Bonchev–Trinajstić information content (AvgIpc) is 2.51. The second-order valence-corrected chi connectivity index (χ2v) is 5.13. The Morgan fingerprint density at radius 1 is 1.29 bits per heavy atom. The molecule has 21 heavy (non-hydrogen) atoms. The number of nitrogens with one attached hydrogen (secondary N) is 2. The third-order valence-electron chi connectivity index (χ3n) is 3.47. The highest BCUT2D eigenvalue weighted by Crippen LogP contribution is 2.16. The quantitative estimate of drug-likeness (QED) is 0.384. The third-order valence-corrected chi connectivity index (χ3v) is 3.47. The molecule has 2 amide bonds. The van der Waals surface area contributed by atoms with Crippen molar-refractivity contribution in [1.29, 1.82) is 0 Å². The maximum atomic E-state index is 11.5. The van der Waals surface area contributed by atoms with Crippen LogP contribution in [0.5, 0.6) is 0 Å². The Labute approximate surface area is 125 Å². The van der Waals surface area contributed by atoms with Gasteiger partial charge in [0.15, 0.2) is 0 Å². The SMILES string of the molecule is CNC(=O)CCN(C)Cc1ccc(C(C)C(=O)NN)cc1. The van der Waals surface area contributed by atoms with E-state index in [0.29, 0.717) is 13.0 Å². The standard InChI is InChI=1S/C15H24N4O2/c1-11(15(21)18-16)13-6-4-12(5-7-13)10-19(3)9-8-14(20)17-2/h4-7,11H,8-10,16H2,1-3H3,(H,17,20)(H,18,21). The first-order chi connectivity index (χ1) is 9.97. The van der Waals surface area contributed by atoms with E-state index in [2.05, 4.69) is 15.6 Å². The molecule has 0 aliphatic carbocycles. The van der Waals surface area contributed by atoms with Crippen LogP contribution < -0.4 is 16.6 Å². The lowest BCUT2D eigenvalue weighted by Crippen LogP contribution is -2.33. The topological polar surface area (TPSA) is 87.5 Å². The Morgan fingerprint density at radius 3 is 2.43 bits per heavy atom. The van der Waals surface area contributed by atoms with E-state index in [1.807, 2.05) is 38.2 Å². The first kappa shape index (κ1) is 17.1. The highest BCUT2D eigenvalue weighted by molar-refractivity contribution is 5.82. The van der Waals surface area contributed by atoms with E-state index in [1.165, 1.54) is 0 Å². The number of nitrogens with zero attached hydrogens (tertiary/aromatic N) is 1. The number of amides is 2. The van der Waals surface area contributed by atoms with Gasteiger partial charge in [-0.3, -0.25) is 15.0 Å². The van der Waals surface area contributed by atoms with Crippen LogP contribution in [0.25, 0.3) is 0 Å². The summed E-state index contributed by atoms with van der Waals surface area (Å²) >= 11 is 0. The van der Waals surface area contributed by atoms with Gasteiger partial charge in [-0.15, -0.1) is 0 Å². The Kier molecular flexibility index (Phi) is 6.84. The van der Waals surface area contributed by atoms with Gasteiger partial charge in [0.1, 0.15) is 0 Å². The molecular formula is C15H24N4O2. The zero-order valence-electron chi connectivity index (χ0n) is 12.8.